The molecule has 34 heavy (non-hydrogen) atoms. The number of amides is 1. The molecule has 166 valence electrons. The number of nitrogens with two attached hydrogens (primary N) is 1. The van der Waals surface area contributed by atoms with Crippen LogP contribution in [0.4, 0.5) is 13.2 Å². The number of benzene rings is 2. The molecule has 2 N–H and O–H groups in total. The standard InChI is InChI=1S/C22H14F3N5O3.Na/c23-22(24,25)16-4-1-12(2-5-16)19-11-30(29-28-19)17-8-14(7-15(9-17)21(32)33)13-3-6-18(20(26)31)27-10-13;/h1-11H,(H2,26,31)(H,32,33);/q;+1/p-1. The van der Waals surface area contributed by atoms with Gasteiger partial charge in [0.1, 0.15) is 11.4 Å². The fourth-order valence-electron chi connectivity index (χ4n) is 3.09. The number of halogens is 3. The summed E-state index contributed by atoms with van der Waals surface area (Å²) >= 11 is 0. The van der Waals surface area contributed by atoms with Crippen LogP contribution < -0.4 is 40.4 Å². The summed E-state index contributed by atoms with van der Waals surface area (Å²) in [5.74, 6) is -2.13. The quantitative estimate of drug-likeness (QED) is 0.387. The van der Waals surface area contributed by atoms with Gasteiger partial charge in [-0.15, -0.1) is 5.10 Å². The van der Waals surface area contributed by atoms with E-state index in [0.717, 1.165) is 12.1 Å². The van der Waals surface area contributed by atoms with Crippen LogP contribution >= 0.6 is 0 Å². The van der Waals surface area contributed by atoms with E-state index in [-0.39, 0.29) is 46.5 Å². The second-order valence-electron chi connectivity index (χ2n) is 6.98. The Kier molecular flexibility index (Phi) is 7.20. The van der Waals surface area contributed by atoms with Crippen LogP contribution in [0.1, 0.15) is 26.4 Å². The first-order valence-corrected chi connectivity index (χ1v) is 9.35. The SMILES string of the molecule is NC(=O)c1ccc(-c2cc(C(=O)[O-])cc(-n3cc(-c4ccc(C(F)(F)F)cc4)nn3)c2)cn1.[Na+]. The number of carboxylic acids is 1. The third-order valence-corrected chi connectivity index (χ3v) is 4.77. The van der Waals surface area contributed by atoms with Crippen molar-refractivity contribution in [3.05, 3.63) is 83.8 Å². The number of primary amides is 1. The van der Waals surface area contributed by atoms with E-state index < -0.39 is 23.6 Å². The molecule has 0 spiro atoms. The Balaban J connectivity index is 0.00000324. The summed E-state index contributed by atoms with van der Waals surface area (Å²) in [7, 11) is 0. The van der Waals surface area contributed by atoms with Gasteiger partial charge in [-0.1, -0.05) is 23.4 Å². The predicted molar refractivity (Wildman–Crippen MR) is 108 cm³/mol. The second kappa shape index (κ2) is 9.75. The van der Waals surface area contributed by atoms with E-state index in [2.05, 4.69) is 15.3 Å². The van der Waals surface area contributed by atoms with Crippen LogP contribution in [0.3, 0.4) is 0 Å². The maximum atomic E-state index is 12.8. The van der Waals surface area contributed by atoms with Gasteiger partial charge in [-0.25, -0.2) is 4.68 Å². The smallest absolute Gasteiger partial charge is 0.545 e. The van der Waals surface area contributed by atoms with Gasteiger partial charge < -0.3 is 15.6 Å². The van der Waals surface area contributed by atoms with E-state index in [0.29, 0.717) is 22.4 Å². The number of hydrogen-bond donors (Lipinski definition) is 1. The molecule has 4 rings (SSSR count). The van der Waals surface area contributed by atoms with Crippen LogP contribution in [0.25, 0.3) is 28.1 Å². The monoisotopic (exact) mass is 475 g/mol. The van der Waals surface area contributed by atoms with Gasteiger partial charge in [-0.05, 0) is 47.5 Å². The number of carbonyl (C=O) groups excluding carboxylic acids is 2. The molecule has 0 aliphatic carbocycles. The average Bonchev–Trinajstić information content (AvgIpc) is 3.29. The van der Waals surface area contributed by atoms with Gasteiger partial charge in [0.25, 0.3) is 5.91 Å². The van der Waals surface area contributed by atoms with Gasteiger partial charge in [0.15, 0.2) is 0 Å². The molecule has 2 aromatic carbocycles. The number of carboxylic acid groups (broad SMARTS) is 1. The van der Waals surface area contributed by atoms with Crippen molar-refractivity contribution < 1.29 is 57.4 Å². The predicted octanol–water partition coefficient (Wildman–Crippen LogP) is -0.519. The van der Waals surface area contributed by atoms with Gasteiger partial charge in [0.05, 0.1) is 23.4 Å². The van der Waals surface area contributed by atoms with Gasteiger partial charge in [0, 0.05) is 17.3 Å². The van der Waals surface area contributed by atoms with Crippen molar-refractivity contribution in [3.63, 3.8) is 0 Å². The molecule has 0 bridgehead atoms. The number of hydrogen-bond acceptors (Lipinski definition) is 6. The van der Waals surface area contributed by atoms with E-state index in [1.165, 1.54) is 47.4 Å². The van der Waals surface area contributed by atoms with Gasteiger partial charge in [0.2, 0.25) is 0 Å². The fourth-order valence-corrected chi connectivity index (χ4v) is 3.09. The molecule has 12 heteroatoms. The molecular formula is C22H13F3N5NaO3. The number of pyridine rings is 1. The summed E-state index contributed by atoms with van der Waals surface area (Å²) in [4.78, 5) is 26.7. The minimum Gasteiger partial charge on any atom is -0.545 e. The summed E-state index contributed by atoms with van der Waals surface area (Å²) in [6.07, 6.45) is -1.63. The Hall–Kier alpha value is -3.54. The van der Waals surface area contributed by atoms with E-state index in [1.54, 1.807) is 12.1 Å². The molecule has 0 atom stereocenters. The Morgan fingerprint density at radius 3 is 2.18 bits per heavy atom. The van der Waals surface area contributed by atoms with E-state index in [9.17, 15) is 27.9 Å². The Labute approximate surface area is 212 Å². The van der Waals surface area contributed by atoms with Crippen LogP contribution in [0, 0.1) is 0 Å². The van der Waals surface area contributed by atoms with E-state index in [4.69, 9.17) is 5.73 Å². The maximum absolute atomic E-state index is 12.8. The first-order chi connectivity index (χ1) is 15.6. The van der Waals surface area contributed by atoms with Crippen molar-refractivity contribution in [3.8, 4) is 28.1 Å². The van der Waals surface area contributed by atoms with Crippen LogP contribution in [0.5, 0.6) is 0 Å². The van der Waals surface area contributed by atoms with Crippen molar-refractivity contribution in [2.75, 3.05) is 0 Å². The molecule has 1 amide bonds. The third-order valence-electron chi connectivity index (χ3n) is 4.77. The van der Waals surface area contributed by atoms with Crippen molar-refractivity contribution in [1.29, 1.82) is 0 Å². The zero-order chi connectivity index (χ0) is 23.8. The molecule has 0 aliphatic rings. The van der Waals surface area contributed by atoms with E-state index >= 15 is 0 Å². The molecule has 8 nitrogen and oxygen atoms in total. The van der Waals surface area contributed by atoms with Gasteiger partial charge >= 0.3 is 35.7 Å². The average molecular weight is 475 g/mol. The topological polar surface area (TPSA) is 127 Å². The van der Waals surface area contributed by atoms with Crippen molar-refractivity contribution in [2.45, 2.75) is 6.18 Å². The normalized spacial score (nSPS) is 11.0. The number of aromatic carboxylic acids is 1. The summed E-state index contributed by atoms with van der Waals surface area (Å²) in [6.45, 7) is 0. The van der Waals surface area contributed by atoms with Crippen molar-refractivity contribution in [2.24, 2.45) is 5.73 Å². The first kappa shape index (κ1) is 25.1. The number of alkyl halides is 3. The molecule has 0 aliphatic heterocycles. The fraction of sp³-hybridized carbons (Fsp3) is 0.0455. The summed E-state index contributed by atoms with van der Waals surface area (Å²) in [6, 6.07) is 11.7. The summed E-state index contributed by atoms with van der Waals surface area (Å²) < 4.78 is 39.6. The number of carbonyl (C=O) groups is 2. The van der Waals surface area contributed by atoms with Gasteiger partial charge in [-0.3, -0.25) is 9.78 Å². The zero-order valence-electron chi connectivity index (χ0n) is 17.6. The molecule has 2 aromatic heterocycles. The molecular weight excluding hydrogens is 462 g/mol. The van der Waals surface area contributed by atoms with Crippen LogP contribution in [-0.4, -0.2) is 31.9 Å². The van der Waals surface area contributed by atoms with E-state index in [1.807, 2.05) is 0 Å². The van der Waals surface area contributed by atoms with Crippen molar-refractivity contribution in [1.82, 2.24) is 20.0 Å². The summed E-state index contributed by atoms with van der Waals surface area (Å²) in [5, 5.41) is 19.5. The molecule has 0 saturated heterocycles. The summed E-state index contributed by atoms with van der Waals surface area (Å²) in [5.41, 5.74) is 6.25. The number of rotatable bonds is 5. The van der Waals surface area contributed by atoms with Crippen LogP contribution in [0.2, 0.25) is 0 Å². The number of aromatic nitrogens is 4. The zero-order valence-corrected chi connectivity index (χ0v) is 19.6. The molecule has 4 aromatic rings. The largest absolute Gasteiger partial charge is 1.00 e. The Bertz CT molecular complexity index is 1350. The second-order valence-corrected chi connectivity index (χ2v) is 6.98. The molecule has 0 saturated carbocycles. The molecule has 0 radical (unpaired) electrons. The van der Waals surface area contributed by atoms with Crippen molar-refractivity contribution >= 4 is 11.9 Å². The van der Waals surface area contributed by atoms with Crippen LogP contribution in [0.15, 0.2) is 67.0 Å². The molecule has 0 fully saturated rings. The molecule has 2 heterocycles. The van der Waals surface area contributed by atoms with Crippen LogP contribution in [-0.2, 0) is 6.18 Å². The number of nitrogens with zero attached hydrogens (tertiary/aromatic N) is 4. The maximum Gasteiger partial charge on any atom is 1.00 e. The molecule has 0 unspecified atom stereocenters. The minimum absolute atomic E-state index is 0. The minimum atomic E-state index is -4.46. The Morgan fingerprint density at radius 2 is 1.62 bits per heavy atom. The van der Waals surface area contributed by atoms with Gasteiger partial charge in [-0.2, -0.15) is 13.2 Å². The first-order valence-electron chi connectivity index (χ1n) is 9.35. The Morgan fingerprint density at radius 1 is 0.941 bits per heavy atom. The third kappa shape index (κ3) is 5.33.